The van der Waals surface area contributed by atoms with Gasteiger partial charge in [-0.1, -0.05) is 0 Å². The Morgan fingerprint density at radius 3 is 2.55 bits per heavy atom. The van der Waals surface area contributed by atoms with Gasteiger partial charge in [0.1, 0.15) is 5.75 Å². The fraction of sp³-hybridized carbons (Fsp3) is 0.267. The standard InChI is InChI=1S/C15H18N4O3/c1-19(10-11-21-2)15(20)18-12-4-6-13(7-5-12)22-14-16-8-3-9-17-14/h3-9H,10-11H2,1-2H3,(H,18,20). The molecule has 0 atom stereocenters. The van der Waals surface area contributed by atoms with E-state index in [1.165, 1.54) is 0 Å². The molecule has 0 aliphatic heterocycles. The van der Waals surface area contributed by atoms with Crippen LogP contribution >= 0.6 is 0 Å². The Morgan fingerprint density at radius 1 is 1.23 bits per heavy atom. The molecular formula is C15H18N4O3. The van der Waals surface area contributed by atoms with Gasteiger partial charge in [-0.05, 0) is 30.3 Å². The molecule has 0 aliphatic carbocycles. The number of carbonyl (C=O) groups excluding carboxylic acids is 1. The second kappa shape index (κ2) is 7.94. The Labute approximate surface area is 128 Å². The van der Waals surface area contributed by atoms with E-state index in [0.717, 1.165) is 0 Å². The van der Waals surface area contributed by atoms with Crippen molar-refractivity contribution < 1.29 is 14.3 Å². The van der Waals surface area contributed by atoms with Crippen LogP contribution in [0.1, 0.15) is 0 Å². The average molecular weight is 302 g/mol. The van der Waals surface area contributed by atoms with Gasteiger partial charge in [0, 0.05) is 38.8 Å². The van der Waals surface area contributed by atoms with Crippen LogP contribution in [0.15, 0.2) is 42.7 Å². The lowest BCUT2D eigenvalue weighted by molar-refractivity contribution is 0.165. The Hall–Kier alpha value is -2.67. The van der Waals surface area contributed by atoms with Gasteiger partial charge in [0.15, 0.2) is 0 Å². The molecular weight excluding hydrogens is 284 g/mol. The molecule has 1 N–H and O–H groups in total. The van der Waals surface area contributed by atoms with Gasteiger partial charge in [0.05, 0.1) is 6.61 Å². The Balaban J connectivity index is 1.90. The first kappa shape index (κ1) is 15.7. The third-order valence-electron chi connectivity index (χ3n) is 2.83. The van der Waals surface area contributed by atoms with Crippen molar-refractivity contribution in [2.45, 2.75) is 0 Å². The molecule has 1 heterocycles. The van der Waals surface area contributed by atoms with Crippen molar-refractivity contribution in [3.8, 4) is 11.8 Å². The van der Waals surface area contributed by atoms with Gasteiger partial charge in [-0.25, -0.2) is 14.8 Å². The number of aromatic nitrogens is 2. The maximum Gasteiger partial charge on any atom is 0.321 e. The molecule has 0 saturated carbocycles. The number of benzene rings is 1. The molecule has 0 unspecified atom stereocenters. The van der Waals surface area contributed by atoms with Gasteiger partial charge in [-0.2, -0.15) is 0 Å². The van der Waals surface area contributed by atoms with Crippen LogP contribution in [0.25, 0.3) is 0 Å². The van der Waals surface area contributed by atoms with Crippen molar-refractivity contribution in [1.29, 1.82) is 0 Å². The summed E-state index contributed by atoms with van der Waals surface area (Å²) in [6, 6.07) is 8.77. The highest BCUT2D eigenvalue weighted by molar-refractivity contribution is 5.89. The smallest absolute Gasteiger partial charge is 0.321 e. The SMILES string of the molecule is COCCN(C)C(=O)Nc1ccc(Oc2ncccn2)cc1. The van der Waals surface area contributed by atoms with Crippen LogP contribution in [-0.2, 0) is 4.74 Å². The minimum atomic E-state index is -0.197. The van der Waals surface area contributed by atoms with Gasteiger partial charge >= 0.3 is 12.0 Å². The molecule has 0 radical (unpaired) electrons. The first-order valence-corrected chi connectivity index (χ1v) is 6.75. The van der Waals surface area contributed by atoms with Crippen LogP contribution < -0.4 is 10.1 Å². The van der Waals surface area contributed by atoms with Crippen molar-refractivity contribution in [3.05, 3.63) is 42.7 Å². The number of hydrogen-bond donors (Lipinski definition) is 1. The second-order valence-electron chi connectivity index (χ2n) is 4.50. The highest BCUT2D eigenvalue weighted by Crippen LogP contribution is 2.19. The van der Waals surface area contributed by atoms with Crippen molar-refractivity contribution in [3.63, 3.8) is 0 Å². The topological polar surface area (TPSA) is 76.6 Å². The van der Waals surface area contributed by atoms with Gasteiger partial charge in [-0.3, -0.25) is 0 Å². The summed E-state index contributed by atoms with van der Waals surface area (Å²) in [6.07, 6.45) is 3.21. The third-order valence-corrected chi connectivity index (χ3v) is 2.83. The molecule has 2 aromatic rings. The molecule has 7 nitrogen and oxygen atoms in total. The number of rotatable bonds is 6. The summed E-state index contributed by atoms with van der Waals surface area (Å²) in [5.41, 5.74) is 0.676. The molecule has 2 amide bonds. The lowest BCUT2D eigenvalue weighted by Crippen LogP contribution is -2.33. The molecule has 7 heteroatoms. The third kappa shape index (κ3) is 4.71. The molecule has 116 valence electrons. The first-order chi connectivity index (χ1) is 10.7. The Morgan fingerprint density at radius 2 is 1.91 bits per heavy atom. The molecule has 0 fully saturated rings. The second-order valence-corrected chi connectivity index (χ2v) is 4.50. The predicted octanol–water partition coefficient (Wildman–Crippen LogP) is 2.38. The lowest BCUT2D eigenvalue weighted by Gasteiger charge is -2.17. The predicted molar refractivity (Wildman–Crippen MR) is 82.1 cm³/mol. The number of amides is 2. The molecule has 0 saturated heterocycles. The van der Waals surface area contributed by atoms with Gasteiger partial charge in [-0.15, -0.1) is 0 Å². The first-order valence-electron chi connectivity index (χ1n) is 6.75. The van der Waals surface area contributed by atoms with Crippen molar-refractivity contribution in [2.24, 2.45) is 0 Å². The van der Waals surface area contributed by atoms with E-state index in [1.54, 1.807) is 61.8 Å². The molecule has 0 bridgehead atoms. The zero-order valence-corrected chi connectivity index (χ0v) is 12.5. The van der Waals surface area contributed by atoms with Crippen LogP contribution in [-0.4, -0.2) is 48.2 Å². The zero-order valence-electron chi connectivity index (χ0n) is 12.5. The number of likely N-dealkylation sites (N-methyl/N-ethyl adjacent to an activating group) is 1. The molecule has 1 aromatic heterocycles. The van der Waals surface area contributed by atoms with Gasteiger partial charge in [0.25, 0.3) is 0 Å². The number of anilines is 1. The van der Waals surface area contributed by atoms with Crippen molar-refractivity contribution in [2.75, 3.05) is 32.6 Å². The lowest BCUT2D eigenvalue weighted by atomic mass is 10.3. The van der Waals surface area contributed by atoms with Crippen LogP contribution in [0.3, 0.4) is 0 Å². The molecule has 2 rings (SSSR count). The van der Waals surface area contributed by atoms with Crippen molar-refractivity contribution in [1.82, 2.24) is 14.9 Å². The molecule has 1 aromatic carbocycles. The minimum absolute atomic E-state index is 0.197. The van der Waals surface area contributed by atoms with Crippen molar-refractivity contribution >= 4 is 11.7 Å². The monoisotopic (exact) mass is 302 g/mol. The summed E-state index contributed by atoms with van der Waals surface area (Å²) in [4.78, 5) is 21.4. The van der Waals surface area contributed by atoms with E-state index < -0.39 is 0 Å². The van der Waals surface area contributed by atoms with Crippen LogP contribution in [0.4, 0.5) is 10.5 Å². The summed E-state index contributed by atoms with van der Waals surface area (Å²) in [5.74, 6) is 0.594. The van der Waals surface area contributed by atoms with Gasteiger partial charge in [0.2, 0.25) is 0 Å². The van der Waals surface area contributed by atoms with E-state index in [4.69, 9.17) is 9.47 Å². The normalized spacial score (nSPS) is 10.1. The molecule has 0 spiro atoms. The number of ether oxygens (including phenoxy) is 2. The fourth-order valence-corrected chi connectivity index (χ4v) is 1.60. The summed E-state index contributed by atoms with van der Waals surface area (Å²) in [5, 5.41) is 2.79. The Bertz CT molecular complexity index is 589. The summed E-state index contributed by atoms with van der Waals surface area (Å²) < 4.78 is 10.4. The average Bonchev–Trinajstić information content (AvgIpc) is 2.55. The largest absolute Gasteiger partial charge is 0.424 e. The summed E-state index contributed by atoms with van der Waals surface area (Å²) in [6.45, 7) is 1.02. The number of urea groups is 1. The van der Waals surface area contributed by atoms with Gasteiger partial charge < -0.3 is 19.7 Å². The fourth-order valence-electron chi connectivity index (χ4n) is 1.60. The number of nitrogens with zero attached hydrogens (tertiary/aromatic N) is 3. The van der Waals surface area contributed by atoms with E-state index in [0.29, 0.717) is 24.6 Å². The zero-order chi connectivity index (χ0) is 15.8. The van der Waals surface area contributed by atoms with Crippen LogP contribution in [0.5, 0.6) is 11.8 Å². The summed E-state index contributed by atoms with van der Waals surface area (Å²) in [7, 11) is 3.31. The quantitative estimate of drug-likeness (QED) is 0.886. The van der Waals surface area contributed by atoms with Crippen LogP contribution in [0, 0.1) is 0 Å². The van der Waals surface area contributed by atoms with E-state index >= 15 is 0 Å². The molecule has 22 heavy (non-hydrogen) atoms. The Kier molecular flexibility index (Phi) is 5.67. The maximum absolute atomic E-state index is 11.9. The molecule has 0 aliphatic rings. The van der Waals surface area contributed by atoms with E-state index in [9.17, 15) is 4.79 Å². The van der Waals surface area contributed by atoms with E-state index in [-0.39, 0.29) is 12.0 Å². The number of nitrogens with one attached hydrogen (secondary N) is 1. The van der Waals surface area contributed by atoms with E-state index in [2.05, 4.69) is 15.3 Å². The summed E-state index contributed by atoms with van der Waals surface area (Å²) >= 11 is 0. The maximum atomic E-state index is 11.9. The highest BCUT2D eigenvalue weighted by atomic mass is 16.5. The number of methoxy groups -OCH3 is 1. The number of hydrogen-bond acceptors (Lipinski definition) is 5. The van der Waals surface area contributed by atoms with E-state index in [1.807, 2.05) is 0 Å². The number of carbonyl (C=O) groups is 1. The van der Waals surface area contributed by atoms with Crippen LogP contribution in [0.2, 0.25) is 0 Å². The highest BCUT2D eigenvalue weighted by Gasteiger charge is 2.08. The minimum Gasteiger partial charge on any atom is -0.424 e.